The minimum absolute atomic E-state index is 0.710. The Morgan fingerprint density at radius 3 is 2.04 bits per heavy atom. The minimum atomic E-state index is 0.710. The van der Waals surface area contributed by atoms with Crippen molar-refractivity contribution in [3.8, 4) is 0 Å². The molecule has 0 amide bonds. The van der Waals surface area contributed by atoms with Crippen molar-refractivity contribution in [2.24, 2.45) is 4.99 Å². The van der Waals surface area contributed by atoms with Crippen molar-refractivity contribution in [1.29, 1.82) is 0 Å². The first-order chi connectivity index (χ1) is 11.4. The van der Waals surface area contributed by atoms with Gasteiger partial charge in [-0.2, -0.15) is 4.99 Å². The maximum absolute atomic E-state index is 11.0. The minimum Gasteiger partial charge on any atom is -0.211 e. The van der Waals surface area contributed by atoms with Crippen molar-refractivity contribution in [2.45, 2.75) is 0 Å². The van der Waals surface area contributed by atoms with Crippen LogP contribution in [0, 0.1) is 0 Å². The maximum atomic E-state index is 11.0. The molecule has 5 rings (SSSR count). The summed E-state index contributed by atoms with van der Waals surface area (Å²) in [5, 5.41) is 9.13. The number of nitrogens with zero attached hydrogens (tertiary/aromatic N) is 1. The van der Waals surface area contributed by atoms with E-state index in [1.807, 2.05) is 18.2 Å². The average molecular weight is 293 g/mol. The van der Waals surface area contributed by atoms with E-state index >= 15 is 0 Å². The Bertz CT molecular complexity index is 1250. The molecule has 0 unspecified atom stereocenters. The van der Waals surface area contributed by atoms with Crippen LogP contribution in [0.5, 0.6) is 0 Å². The average Bonchev–Trinajstić information content (AvgIpc) is 2.61. The normalized spacial score (nSPS) is 11.5. The second kappa shape index (κ2) is 4.39. The van der Waals surface area contributed by atoms with E-state index in [1.54, 1.807) is 6.08 Å². The zero-order chi connectivity index (χ0) is 15.4. The molecule has 2 nitrogen and oxygen atoms in total. The molecule has 0 bridgehead atoms. The molecule has 0 fully saturated rings. The summed E-state index contributed by atoms with van der Waals surface area (Å²) in [5.74, 6) is 0. The van der Waals surface area contributed by atoms with Crippen LogP contribution in [0.1, 0.15) is 0 Å². The second-order valence-electron chi connectivity index (χ2n) is 5.78. The lowest BCUT2D eigenvalue weighted by Gasteiger charge is -2.14. The molecule has 5 aromatic carbocycles. The fourth-order valence-corrected chi connectivity index (χ4v) is 3.74. The summed E-state index contributed by atoms with van der Waals surface area (Å²) in [6, 6.07) is 22.9. The number of carbonyl (C=O) groups excluding carboxylic acids is 1. The van der Waals surface area contributed by atoms with Crippen LogP contribution in [0.2, 0.25) is 0 Å². The smallest absolute Gasteiger partial charge is 0.211 e. The maximum Gasteiger partial charge on any atom is 0.240 e. The van der Waals surface area contributed by atoms with Gasteiger partial charge in [-0.3, -0.25) is 0 Å². The van der Waals surface area contributed by atoms with Crippen LogP contribution in [0.25, 0.3) is 43.1 Å². The van der Waals surface area contributed by atoms with E-state index in [9.17, 15) is 4.79 Å². The molecule has 0 saturated carbocycles. The predicted molar refractivity (Wildman–Crippen MR) is 95.4 cm³/mol. The molecule has 0 aliphatic carbocycles. The lowest BCUT2D eigenvalue weighted by Crippen LogP contribution is -1.86. The highest BCUT2D eigenvalue weighted by atomic mass is 16.1. The number of hydrogen-bond acceptors (Lipinski definition) is 2. The molecule has 106 valence electrons. The van der Waals surface area contributed by atoms with E-state index in [-0.39, 0.29) is 0 Å². The predicted octanol–water partition coefficient (Wildman–Crippen LogP) is 5.70. The summed E-state index contributed by atoms with van der Waals surface area (Å²) in [4.78, 5) is 15.0. The summed E-state index contributed by atoms with van der Waals surface area (Å²) in [6.07, 6.45) is 1.73. The molecule has 0 aromatic heterocycles. The third kappa shape index (κ3) is 1.53. The molecular formula is C21H11NO. The van der Waals surface area contributed by atoms with Gasteiger partial charge in [0, 0.05) is 16.2 Å². The van der Waals surface area contributed by atoms with E-state index in [0.717, 1.165) is 16.2 Å². The van der Waals surface area contributed by atoms with Crippen molar-refractivity contribution in [2.75, 3.05) is 0 Å². The second-order valence-corrected chi connectivity index (χ2v) is 5.78. The molecule has 23 heavy (non-hydrogen) atoms. The number of rotatable bonds is 1. The molecule has 0 aliphatic heterocycles. The van der Waals surface area contributed by atoms with Crippen LogP contribution < -0.4 is 0 Å². The molecule has 0 heterocycles. The van der Waals surface area contributed by atoms with Crippen LogP contribution in [0.15, 0.2) is 71.7 Å². The standard InChI is InChI=1S/C21H11NO/c23-12-22-21-17-7-2-1-6-15(17)16-10-8-13-4-3-5-14-9-11-18(21)20(16)19(13)14/h1-11H. The highest BCUT2D eigenvalue weighted by molar-refractivity contribution is 6.32. The quantitative estimate of drug-likeness (QED) is 0.168. The van der Waals surface area contributed by atoms with Crippen LogP contribution in [0.4, 0.5) is 5.69 Å². The van der Waals surface area contributed by atoms with E-state index in [1.165, 1.54) is 26.9 Å². The molecule has 0 atom stereocenters. The lowest BCUT2D eigenvalue weighted by atomic mass is 9.90. The summed E-state index contributed by atoms with van der Waals surface area (Å²) in [7, 11) is 0. The Balaban J connectivity index is 2.24. The molecule has 0 radical (unpaired) electrons. The number of hydrogen-bond donors (Lipinski definition) is 0. The summed E-state index contributed by atoms with van der Waals surface area (Å²) in [6.45, 7) is 0. The van der Waals surface area contributed by atoms with Gasteiger partial charge in [0.2, 0.25) is 6.08 Å². The van der Waals surface area contributed by atoms with Gasteiger partial charge in [-0.1, -0.05) is 66.7 Å². The lowest BCUT2D eigenvalue weighted by molar-refractivity contribution is 0.565. The van der Waals surface area contributed by atoms with Crippen LogP contribution in [-0.2, 0) is 4.79 Å². The molecule has 5 aromatic rings. The third-order valence-electron chi connectivity index (χ3n) is 4.66. The first kappa shape index (κ1) is 12.3. The van der Waals surface area contributed by atoms with E-state index < -0.39 is 0 Å². The van der Waals surface area contributed by atoms with Crippen molar-refractivity contribution in [3.63, 3.8) is 0 Å². The van der Waals surface area contributed by atoms with Crippen LogP contribution >= 0.6 is 0 Å². The monoisotopic (exact) mass is 293 g/mol. The van der Waals surface area contributed by atoms with Crippen LogP contribution in [-0.4, -0.2) is 6.08 Å². The van der Waals surface area contributed by atoms with Crippen molar-refractivity contribution >= 4 is 54.9 Å². The number of benzene rings is 5. The van der Waals surface area contributed by atoms with Gasteiger partial charge in [-0.25, -0.2) is 4.79 Å². The topological polar surface area (TPSA) is 29.4 Å². The van der Waals surface area contributed by atoms with Crippen LogP contribution in [0.3, 0.4) is 0 Å². The Kier molecular flexibility index (Phi) is 2.35. The van der Waals surface area contributed by atoms with E-state index in [4.69, 9.17) is 0 Å². The number of isocyanates is 1. The highest BCUT2D eigenvalue weighted by Gasteiger charge is 2.15. The molecule has 0 spiro atoms. The first-order valence-corrected chi connectivity index (χ1v) is 7.54. The van der Waals surface area contributed by atoms with Gasteiger partial charge in [0.05, 0.1) is 5.69 Å². The zero-order valence-corrected chi connectivity index (χ0v) is 12.2. The molecule has 0 N–H and O–H groups in total. The van der Waals surface area contributed by atoms with Gasteiger partial charge in [-0.05, 0) is 26.9 Å². The van der Waals surface area contributed by atoms with Crippen molar-refractivity contribution in [1.82, 2.24) is 0 Å². The van der Waals surface area contributed by atoms with Gasteiger partial charge >= 0.3 is 0 Å². The van der Waals surface area contributed by atoms with Crippen molar-refractivity contribution < 1.29 is 4.79 Å². The molecule has 0 saturated heterocycles. The summed E-state index contributed by atoms with van der Waals surface area (Å²) in [5.41, 5.74) is 0.710. The van der Waals surface area contributed by atoms with Gasteiger partial charge in [0.1, 0.15) is 0 Å². The fraction of sp³-hybridized carbons (Fsp3) is 0. The van der Waals surface area contributed by atoms with Gasteiger partial charge in [0.15, 0.2) is 0 Å². The largest absolute Gasteiger partial charge is 0.240 e. The van der Waals surface area contributed by atoms with Crippen molar-refractivity contribution in [3.05, 3.63) is 66.7 Å². The Hall–Kier alpha value is -3.22. The Labute approximate surface area is 132 Å². The van der Waals surface area contributed by atoms with Gasteiger partial charge in [0.25, 0.3) is 0 Å². The Morgan fingerprint density at radius 2 is 1.30 bits per heavy atom. The van der Waals surface area contributed by atoms with Gasteiger partial charge < -0.3 is 0 Å². The van der Waals surface area contributed by atoms with Gasteiger partial charge in [-0.15, -0.1) is 0 Å². The molecule has 0 aliphatic rings. The summed E-state index contributed by atoms with van der Waals surface area (Å²) >= 11 is 0. The van der Waals surface area contributed by atoms with E-state index in [0.29, 0.717) is 5.69 Å². The SMILES string of the molecule is O=C=Nc1c2ccccc2c2ccc3cccc4ccc1c2c43. The zero-order valence-electron chi connectivity index (χ0n) is 12.2. The molecule has 2 heteroatoms. The third-order valence-corrected chi connectivity index (χ3v) is 4.66. The highest BCUT2D eigenvalue weighted by Crippen LogP contribution is 2.43. The summed E-state index contributed by atoms with van der Waals surface area (Å²) < 4.78 is 0. The first-order valence-electron chi connectivity index (χ1n) is 7.54. The Morgan fingerprint density at radius 1 is 0.609 bits per heavy atom. The molecular weight excluding hydrogens is 282 g/mol. The number of fused-ring (bicyclic) bond motifs is 2. The van der Waals surface area contributed by atoms with E-state index in [2.05, 4.69) is 53.5 Å². The fourth-order valence-electron chi connectivity index (χ4n) is 3.74. The number of aliphatic imine (C=N–C) groups is 1.